The molecule has 0 amide bonds. The number of aromatic nitrogens is 2. The summed E-state index contributed by atoms with van der Waals surface area (Å²) in [5, 5.41) is 2.03. The van der Waals surface area contributed by atoms with Crippen molar-refractivity contribution in [2.75, 3.05) is 36.0 Å². The summed E-state index contributed by atoms with van der Waals surface area (Å²) in [5.74, 6) is -0.173. The van der Waals surface area contributed by atoms with Crippen LogP contribution in [0.15, 0.2) is 53.3 Å². The first-order chi connectivity index (χ1) is 13.6. The van der Waals surface area contributed by atoms with E-state index >= 15 is 0 Å². The number of nitrogens with zero attached hydrogens (tertiary/aromatic N) is 4. The van der Waals surface area contributed by atoms with Crippen molar-refractivity contribution >= 4 is 43.3 Å². The molecule has 0 N–H and O–H groups in total. The Labute approximate surface area is 165 Å². The highest BCUT2D eigenvalue weighted by Crippen LogP contribution is 2.34. The second-order valence-electron chi connectivity index (χ2n) is 7.00. The van der Waals surface area contributed by atoms with Crippen LogP contribution in [0.4, 0.5) is 15.2 Å². The third-order valence-corrected chi connectivity index (χ3v) is 6.55. The van der Waals surface area contributed by atoms with E-state index in [2.05, 4.69) is 9.80 Å². The van der Waals surface area contributed by atoms with Gasteiger partial charge in [0.15, 0.2) is 5.13 Å². The van der Waals surface area contributed by atoms with Crippen LogP contribution in [0.5, 0.6) is 0 Å². The zero-order valence-corrected chi connectivity index (χ0v) is 16.2. The lowest BCUT2D eigenvalue weighted by atomic mass is 10.2. The minimum atomic E-state index is -0.173. The number of fused-ring (bicyclic) bond motifs is 3. The van der Waals surface area contributed by atoms with Gasteiger partial charge in [-0.25, -0.2) is 9.37 Å². The van der Waals surface area contributed by atoms with Gasteiger partial charge in [0.1, 0.15) is 5.82 Å². The van der Waals surface area contributed by atoms with Crippen molar-refractivity contribution in [3.8, 4) is 0 Å². The molecule has 5 rings (SSSR count). The molecule has 1 fully saturated rings. The highest BCUT2D eigenvalue weighted by Gasteiger charge is 2.22. The predicted molar refractivity (Wildman–Crippen MR) is 113 cm³/mol. The van der Waals surface area contributed by atoms with Gasteiger partial charge in [0.25, 0.3) is 5.56 Å². The summed E-state index contributed by atoms with van der Waals surface area (Å²) < 4.78 is 16.8. The van der Waals surface area contributed by atoms with Crippen LogP contribution >= 0.6 is 11.3 Å². The molecule has 28 heavy (non-hydrogen) atoms. The second kappa shape index (κ2) is 6.60. The third kappa shape index (κ3) is 2.74. The second-order valence-corrected chi connectivity index (χ2v) is 7.98. The van der Waals surface area contributed by atoms with Crippen molar-refractivity contribution in [2.45, 2.75) is 0 Å². The highest BCUT2D eigenvalue weighted by atomic mass is 32.1. The number of hydrogen-bond acceptors (Lipinski definition) is 5. The number of halogens is 1. The lowest BCUT2D eigenvalue weighted by Crippen LogP contribution is -2.46. The molecule has 0 atom stereocenters. The first-order valence-corrected chi connectivity index (χ1v) is 10.1. The highest BCUT2D eigenvalue weighted by molar-refractivity contribution is 7.23. The summed E-state index contributed by atoms with van der Waals surface area (Å²) in [6, 6.07) is 14.4. The number of thiazole rings is 1. The van der Waals surface area contributed by atoms with Gasteiger partial charge in [0, 0.05) is 44.7 Å². The zero-order chi connectivity index (χ0) is 19.3. The Morgan fingerprint density at radius 1 is 0.964 bits per heavy atom. The molecule has 4 aromatic rings. The van der Waals surface area contributed by atoms with E-state index < -0.39 is 0 Å². The molecule has 0 spiro atoms. The number of para-hydroxylation sites is 1. The van der Waals surface area contributed by atoms with Crippen LogP contribution < -0.4 is 15.4 Å². The van der Waals surface area contributed by atoms with Gasteiger partial charge < -0.3 is 14.4 Å². The van der Waals surface area contributed by atoms with Gasteiger partial charge >= 0.3 is 0 Å². The van der Waals surface area contributed by atoms with Crippen molar-refractivity contribution < 1.29 is 4.39 Å². The van der Waals surface area contributed by atoms with Crippen molar-refractivity contribution in [3.05, 3.63) is 64.7 Å². The largest absolute Gasteiger partial charge is 0.366 e. The van der Waals surface area contributed by atoms with Gasteiger partial charge in [-0.15, -0.1) is 0 Å². The predicted octanol–water partition coefficient (Wildman–Crippen LogP) is 3.61. The molecule has 0 saturated carbocycles. The zero-order valence-electron chi connectivity index (χ0n) is 15.4. The minimum absolute atomic E-state index is 0.0131. The van der Waals surface area contributed by atoms with Crippen molar-refractivity contribution in [1.82, 2.24) is 9.55 Å². The van der Waals surface area contributed by atoms with E-state index in [1.54, 1.807) is 35.1 Å². The van der Waals surface area contributed by atoms with E-state index in [9.17, 15) is 9.18 Å². The molecule has 5 nitrogen and oxygen atoms in total. The topological polar surface area (TPSA) is 41.4 Å². The van der Waals surface area contributed by atoms with Crippen LogP contribution in [-0.4, -0.2) is 35.7 Å². The standard InChI is InChI=1S/C21H19FN4OS/c1-24-17-8-7-16-20(14(17)6-9-19(24)27)28-21(23-16)26-12-10-25(11-13-26)18-5-3-2-4-15(18)22/h2-9H,10-13H2,1H3. The molecule has 1 aliphatic rings. The lowest BCUT2D eigenvalue weighted by molar-refractivity contribution is 0.597. The number of pyridine rings is 1. The smallest absolute Gasteiger partial charge is 0.250 e. The molecule has 7 heteroatoms. The number of aryl methyl sites for hydroxylation is 1. The minimum Gasteiger partial charge on any atom is -0.366 e. The van der Waals surface area contributed by atoms with Crippen molar-refractivity contribution in [1.29, 1.82) is 0 Å². The maximum Gasteiger partial charge on any atom is 0.250 e. The molecule has 142 valence electrons. The van der Waals surface area contributed by atoms with Crippen LogP contribution in [-0.2, 0) is 7.05 Å². The van der Waals surface area contributed by atoms with E-state index in [1.165, 1.54) is 6.07 Å². The number of hydrogen-bond donors (Lipinski definition) is 0. The summed E-state index contributed by atoms with van der Waals surface area (Å²) in [5.41, 5.74) is 2.52. The van der Waals surface area contributed by atoms with E-state index in [0.29, 0.717) is 5.69 Å². The van der Waals surface area contributed by atoms with Gasteiger partial charge in [-0.3, -0.25) is 4.79 Å². The molecule has 2 aromatic carbocycles. The summed E-state index contributed by atoms with van der Waals surface area (Å²) in [4.78, 5) is 21.1. The maximum atomic E-state index is 14.1. The Bertz CT molecular complexity index is 1240. The van der Waals surface area contributed by atoms with Gasteiger partial charge in [0.2, 0.25) is 0 Å². The molecule has 1 saturated heterocycles. The van der Waals surface area contributed by atoms with Gasteiger partial charge in [0.05, 0.1) is 21.4 Å². The first kappa shape index (κ1) is 17.2. The van der Waals surface area contributed by atoms with Crippen LogP contribution in [0.2, 0.25) is 0 Å². The Balaban J connectivity index is 1.45. The monoisotopic (exact) mass is 394 g/mol. The number of anilines is 2. The summed E-state index contributed by atoms with van der Waals surface area (Å²) >= 11 is 1.65. The Kier molecular flexibility index (Phi) is 4.05. The Hall–Kier alpha value is -2.93. The van der Waals surface area contributed by atoms with Crippen LogP contribution in [0, 0.1) is 5.82 Å². The Morgan fingerprint density at radius 3 is 2.50 bits per heavy atom. The fourth-order valence-electron chi connectivity index (χ4n) is 3.81. The molecule has 0 unspecified atom stereocenters. The van der Waals surface area contributed by atoms with E-state index in [1.807, 2.05) is 30.3 Å². The number of benzene rings is 2. The van der Waals surface area contributed by atoms with E-state index in [4.69, 9.17) is 4.98 Å². The summed E-state index contributed by atoms with van der Waals surface area (Å²) in [7, 11) is 1.79. The molecule has 3 heterocycles. The van der Waals surface area contributed by atoms with Crippen molar-refractivity contribution in [2.24, 2.45) is 7.05 Å². The van der Waals surface area contributed by atoms with E-state index in [-0.39, 0.29) is 11.4 Å². The summed E-state index contributed by atoms with van der Waals surface area (Å²) in [6.45, 7) is 3.10. The molecule has 2 aromatic heterocycles. The average Bonchev–Trinajstić information content (AvgIpc) is 3.16. The van der Waals surface area contributed by atoms with Crippen LogP contribution in [0.1, 0.15) is 0 Å². The molecular formula is C21H19FN4OS. The van der Waals surface area contributed by atoms with Gasteiger partial charge in [-0.1, -0.05) is 23.5 Å². The fourth-order valence-corrected chi connectivity index (χ4v) is 4.95. The van der Waals surface area contributed by atoms with Crippen LogP contribution in [0.3, 0.4) is 0 Å². The van der Waals surface area contributed by atoms with Crippen molar-refractivity contribution in [3.63, 3.8) is 0 Å². The lowest BCUT2D eigenvalue weighted by Gasteiger charge is -2.36. The quantitative estimate of drug-likeness (QED) is 0.521. The molecule has 1 aliphatic heterocycles. The van der Waals surface area contributed by atoms with Crippen LogP contribution in [0.25, 0.3) is 21.1 Å². The molecular weight excluding hydrogens is 375 g/mol. The number of rotatable bonds is 2. The van der Waals surface area contributed by atoms with Gasteiger partial charge in [-0.2, -0.15) is 0 Å². The number of piperazine rings is 1. The molecule has 0 radical (unpaired) electrons. The molecule has 0 aliphatic carbocycles. The SMILES string of the molecule is Cn1c(=O)ccc2c3sc(N4CCN(c5ccccc5F)CC4)nc3ccc21. The fraction of sp³-hybridized carbons (Fsp3) is 0.238. The normalized spacial score (nSPS) is 14.9. The average molecular weight is 394 g/mol. The third-order valence-electron chi connectivity index (χ3n) is 5.39. The maximum absolute atomic E-state index is 14.1. The summed E-state index contributed by atoms with van der Waals surface area (Å²) in [6.07, 6.45) is 0. The first-order valence-electron chi connectivity index (χ1n) is 9.25. The van der Waals surface area contributed by atoms with Gasteiger partial charge in [-0.05, 0) is 30.3 Å². The Morgan fingerprint density at radius 2 is 1.71 bits per heavy atom. The van der Waals surface area contributed by atoms with E-state index in [0.717, 1.165) is 52.4 Å². The molecule has 0 bridgehead atoms.